The second kappa shape index (κ2) is 9.27. The van der Waals surface area contributed by atoms with Crippen LogP contribution in [-0.2, 0) is 14.3 Å². The fourth-order valence-corrected chi connectivity index (χ4v) is 3.92. The van der Waals surface area contributed by atoms with Crippen LogP contribution in [0.1, 0.15) is 26.3 Å². The van der Waals surface area contributed by atoms with Crippen molar-refractivity contribution in [1.82, 2.24) is 4.90 Å². The van der Waals surface area contributed by atoms with Crippen LogP contribution in [0.5, 0.6) is 11.5 Å². The highest BCUT2D eigenvalue weighted by molar-refractivity contribution is 9.10. The molecule has 0 radical (unpaired) electrons. The van der Waals surface area contributed by atoms with Gasteiger partial charge < -0.3 is 14.2 Å². The van der Waals surface area contributed by atoms with Crippen molar-refractivity contribution in [3.8, 4) is 11.5 Å². The van der Waals surface area contributed by atoms with Crippen molar-refractivity contribution in [2.24, 2.45) is 0 Å². The molecule has 0 aliphatic carbocycles. The van der Waals surface area contributed by atoms with Gasteiger partial charge in [0, 0.05) is 0 Å². The first kappa shape index (κ1) is 21.3. The van der Waals surface area contributed by atoms with Gasteiger partial charge in [0.25, 0.3) is 11.1 Å². The molecule has 1 atom stereocenters. The zero-order valence-electron chi connectivity index (χ0n) is 15.4. The highest BCUT2D eigenvalue weighted by Crippen LogP contribution is 2.39. The van der Waals surface area contributed by atoms with Crippen molar-refractivity contribution in [3.63, 3.8) is 0 Å². The molecule has 7 nitrogen and oxygen atoms in total. The van der Waals surface area contributed by atoms with Gasteiger partial charge in [-0.2, -0.15) is 0 Å². The molecule has 146 valence electrons. The lowest BCUT2D eigenvalue weighted by Gasteiger charge is -2.19. The second-order valence-corrected chi connectivity index (χ2v) is 7.29. The minimum atomic E-state index is -0.982. The number of thioether (sulfide) groups is 1. The Labute approximate surface area is 170 Å². The first-order valence-electron chi connectivity index (χ1n) is 8.28. The Morgan fingerprint density at radius 2 is 2.00 bits per heavy atom. The third kappa shape index (κ3) is 4.65. The van der Waals surface area contributed by atoms with Crippen LogP contribution < -0.4 is 9.47 Å². The average Bonchev–Trinajstić information content (AvgIpc) is 2.90. The van der Waals surface area contributed by atoms with E-state index in [4.69, 9.17) is 14.2 Å². The van der Waals surface area contributed by atoms with Crippen molar-refractivity contribution in [2.75, 3.05) is 20.3 Å². The number of rotatable bonds is 7. The van der Waals surface area contributed by atoms with Gasteiger partial charge in [0.15, 0.2) is 11.5 Å². The van der Waals surface area contributed by atoms with Crippen molar-refractivity contribution < 1.29 is 28.6 Å². The highest BCUT2D eigenvalue weighted by Gasteiger charge is 2.41. The number of carbonyl (C=O) groups excluding carboxylic acids is 3. The van der Waals surface area contributed by atoms with Gasteiger partial charge in [0.2, 0.25) is 0 Å². The second-order valence-electron chi connectivity index (χ2n) is 5.45. The SMILES string of the molecule is CCOC(=O)[C@@H](C)N1C(=O)S/C(=C/c2cc(Br)c(OCC)c(OC)c2)C1=O. The number of carbonyl (C=O) groups is 3. The number of nitrogens with zero attached hydrogens (tertiary/aromatic N) is 1. The van der Waals surface area contributed by atoms with E-state index >= 15 is 0 Å². The lowest BCUT2D eigenvalue weighted by Crippen LogP contribution is -2.42. The van der Waals surface area contributed by atoms with Crippen LogP contribution in [0.4, 0.5) is 4.79 Å². The molecule has 0 spiro atoms. The molecule has 1 aliphatic rings. The number of halogens is 1. The van der Waals surface area contributed by atoms with Gasteiger partial charge in [-0.05, 0) is 72.2 Å². The molecule has 0 unspecified atom stereocenters. The van der Waals surface area contributed by atoms with Gasteiger partial charge in [0.1, 0.15) is 6.04 Å². The molecule has 2 rings (SSSR count). The molecule has 1 heterocycles. The lowest BCUT2D eigenvalue weighted by atomic mass is 10.1. The van der Waals surface area contributed by atoms with Crippen molar-refractivity contribution in [1.29, 1.82) is 0 Å². The van der Waals surface area contributed by atoms with E-state index in [0.29, 0.717) is 28.1 Å². The molecule has 1 aromatic rings. The summed E-state index contributed by atoms with van der Waals surface area (Å²) >= 11 is 4.20. The van der Waals surface area contributed by atoms with E-state index < -0.39 is 23.2 Å². The van der Waals surface area contributed by atoms with Crippen LogP contribution in [0.3, 0.4) is 0 Å². The van der Waals surface area contributed by atoms with Crippen LogP contribution >= 0.6 is 27.7 Å². The van der Waals surface area contributed by atoms with Crippen molar-refractivity contribution >= 4 is 50.9 Å². The Morgan fingerprint density at radius 3 is 2.59 bits per heavy atom. The molecule has 1 aliphatic heterocycles. The minimum absolute atomic E-state index is 0.176. The summed E-state index contributed by atoms with van der Waals surface area (Å²) in [6.45, 7) is 5.64. The maximum atomic E-state index is 12.6. The Bertz CT molecular complexity index is 794. The first-order chi connectivity index (χ1) is 12.8. The molecule has 1 aromatic carbocycles. The number of methoxy groups -OCH3 is 1. The quantitative estimate of drug-likeness (QED) is 0.454. The van der Waals surface area contributed by atoms with E-state index in [-0.39, 0.29) is 11.5 Å². The zero-order chi connectivity index (χ0) is 20.1. The molecule has 0 bridgehead atoms. The number of esters is 1. The molecule has 0 saturated carbocycles. The van der Waals surface area contributed by atoms with Gasteiger partial charge in [-0.1, -0.05) is 0 Å². The van der Waals surface area contributed by atoms with Gasteiger partial charge in [-0.15, -0.1) is 0 Å². The normalized spacial score (nSPS) is 16.6. The summed E-state index contributed by atoms with van der Waals surface area (Å²) in [4.78, 5) is 37.9. The number of hydrogen-bond donors (Lipinski definition) is 0. The van der Waals surface area contributed by atoms with Gasteiger partial charge >= 0.3 is 5.97 Å². The number of hydrogen-bond acceptors (Lipinski definition) is 7. The molecular formula is C18H20BrNO6S. The Hall–Kier alpha value is -2.00. The molecule has 2 amide bonds. The monoisotopic (exact) mass is 457 g/mol. The molecule has 27 heavy (non-hydrogen) atoms. The van der Waals surface area contributed by atoms with Crippen LogP contribution in [0.15, 0.2) is 21.5 Å². The van der Waals surface area contributed by atoms with Crippen LogP contribution in [0.25, 0.3) is 6.08 Å². The van der Waals surface area contributed by atoms with E-state index in [1.54, 1.807) is 25.1 Å². The average molecular weight is 458 g/mol. The standard InChI is InChI=1S/C18H20BrNO6S/c1-5-25-15-12(19)7-11(8-13(15)24-4)9-14-16(21)20(18(23)27-14)10(3)17(22)26-6-2/h7-10H,5-6H2,1-4H3/b14-9+/t10-/m1/s1. The Kier molecular flexibility index (Phi) is 7.32. The van der Waals surface area contributed by atoms with E-state index in [0.717, 1.165) is 16.7 Å². The maximum absolute atomic E-state index is 12.6. The highest BCUT2D eigenvalue weighted by atomic mass is 79.9. The van der Waals surface area contributed by atoms with Crippen molar-refractivity contribution in [2.45, 2.75) is 26.8 Å². The fourth-order valence-electron chi connectivity index (χ4n) is 2.44. The topological polar surface area (TPSA) is 82.1 Å². The first-order valence-corrected chi connectivity index (χ1v) is 9.88. The van der Waals surface area contributed by atoms with E-state index in [1.165, 1.54) is 14.0 Å². The van der Waals surface area contributed by atoms with Gasteiger partial charge in [-0.3, -0.25) is 14.5 Å². The van der Waals surface area contributed by atoms with E-state index in [9.17, 15) is 14.4 Å². The van der Waals surface area contributed by atoms with E-state index in [1.807, 2.05) is 6.92 Å². The Balaban J connectivity index is 2.32. The van der Waals surface area contributed by atoms with Gasteiger partial charge in [0.05, 0.1) is 29.7 Å². The van der Waals surface area contributed by atoms with Crippen molar-refractivity contribution in [3.05, 3.63) is 27.1 Å². The summed E-state index contributed by atoms with van der Waals surface area (Å²) in [6, 6.07) is 2.49. The molecule has 1 saturated heterocycles. The predicted molar refractivity (Wildman–Crippen MR) is 106 cm³/mol. The molecule has 0 N–H and O–H groups in total. The smallest absolute Gasteiger partial charge is 0.329 e. The molecule has 0 aromatic heterocycles. The third-order valence-electron chi connectivity index (χ3n) is 3.68. The lowest BCUT2D eigenvalue weighted by molar-refractivity contribution is -0.150. The number of benzene rings is 1. The summed E-state index contributed by atoms with van der Waals surface area (Å²) < 4.78 is 16.4. The van der Waals surface area contributed by atoms with Crippen LogP contribution in [-0.4, -0.2) is 48.4 Å². The number of imide groups is 1. The summed E-state index contributed by atoms with van der Waals surface area (Å²) in [7, 11) is 1.52. The van der Waals surface area contributed by atoms with Gasteiger partial charge in [-0.25, -0.2) is 4.79 Å². The predicted octanol–water partition coefficient (Wildman–Crippen LogP) is 3.84. The van der Waals surface area contributed by atoms with Crippen LogP contribution in [0, 0.1) is 0 Å². The van der Waals surface area contributed by atoms with Crippen LogP contribution in [0.2, 0.25) is 0 Å². The summed E-state index contributed by atoms with van der Waals surface area (Å²) in [5.74, 6) is -0.0983. The van der Waals surface area contributed by atoms with E-state index in [2.05, 4.69) is 15.9 Å². The molecule has 1 fully saturated rings. The third-order valence-corrected chi connectivity index (χ3v) is 5.15. The summed E-state index contributed by atoms with van der Waals surface area (Å²) in [5, 5.41) is -0.510. The maximum Gasteiger partial charge on any atom is 0.329 e. The summed E-state index contributed by atoms with van der Waals surface area (Å²) in [6.07, 6.45) is 1.58. The Morgan fingerprint density at radius 1 is 1.30 bits per heavy atom. The molecule has 9 heteroatoms. The summed E-state index contributed by atoms with van der Waals surface area (Å²) in [5.41, 5.74) is 0.650. The number of ether oxygens (including phenoxy) is 3. The molecular weight excluding hydrogens is 438 g/mol. The minimum Gasteiger partial charge on any atom is -0.493 e. The number of amides is 2. The fraction of sp³-hybridized carbons (Fsp3) is 0.389. The zero-order valence-corrected chi connectivity index (χ0v) is 17.8. The largest absolute Gasteiger partial charge is 0.493 e.